The van der Waals surface area contributed by atoms with Crippen LogP contribution in [0.1, 0.15) is 16.8 Å². The first kappa shape index (κ1) is 20.0. The van der Waals surface area contributed by atoms with Gasteiger partial charge >= 0.3 is 0 Å². The average Bonchev–Trinajstić information content (AvgIpc) is 2.83. The van der Waals surface area contributed by atoms with Crippen molar-refractivity contribution in [3.8, 4) is 11.5 Å². The number of aromatic nitrogens is 1. The zero-order valence-corrected chi connectivity index (χ0v) is 17.6. The standard InChI is InChI=1S/C28H24N2O2/c31-27-14-12-20-7-1-3-10-23(20)25(27)18-30(17-22-9-5-6-16-29-22)19-26-24-11-4-2-8-21(24)13-15-28(26)32/h1-16,31-32H,17-19H2. The van der Waals surface area contributed by atoms with Crippen molar-refractivity contribution in [1.29, 1.82) is 0 Å². The van der Waals surface area contributed by atoms with E-state index in [1.165, 1.54) is 0 Å². The van der Waals surface area contributed by atoms with Gasteiger partial charge in [-0.15, -0.1) is 0 Å². The lowest BCUT2D eigenvalue weighted by Crippen LogP contribution is -2.23. The molecule has 4 aromatic carbocycles. The Kier molecular flexibility index (Phi) is 5.44. The van der Waals surface area contributed by atoms with Crippen LogP contribution in [-0.2, 0) is 19.6 Å². The molecule has 1 heterocycles. The molecule has 4 nitrogen and oxygen atoms in total. The Balaban J connectivity index is 1.57. The van der Waals surface area contributed by atoms with Crippen LogP contribution >= 0.6 is 0 Å². The van der Waals surface area contributed by atoms with Gasteiger partial charge < -0.3 is 10.2 Å². The summed E-state index contributed by atoms with van der Waals surface area (Å²) >= 11 is 0. The second kappa shape index (κ2) is 8.69. The summed E-state index contributed by atoms with van der Waals surface area (Å²) in [7, 11) is 0. The van der Waals surface area contributed by atoms with Gasteiger partial charge in [0.15, 0.2) is 0 Å². The molecule has 0 amide bonds. The van der Waals surface area contributed by atoms with E-state index in [1.807, 2.05) is 66.7 Å². The van der Waals surface area contributed by atoms with E-state index in [4.69, 9.17) is 0 Å². The highest BCUT2D eigenvalue weighted by Crippen LogP contribution is 2.32. The minimum Gasteiger partial charge on any atom is -0.508 e. The molecule has 0 aliphatic carbocycles. The number of rotatable bonds is 6. The van der Waals surface area contributed by atoms with E-state index in [1.54, 1.807) is 18.3 Å². The second-order valence-corrected chi connectivity index (χ2v) is 8.03. The topological polar surface area (TPSA) is 56.6 Å². The monoisotopic (exact) mass is 420 g/mol. The third-order valence-electron chi connectivity index (χ3n) is 5.91. The van der Waals surface area contributed by atoms with Crippen LogP contribution < -0.4 is 0 Å². The Morgan fingerprint density at radius 1 is 0.562 bits per heavy atom. The maximum Gasteiger partial charge on any atom is 0.120 e. The fourth-order valence-corrected chi connectivity index (χ4v) is 4.32. The molecule has 0 bridgehead atoms. The summed E-state index contributed by atoms with van der Waals surface area (Å²) in [5, 5.41) is 25.7. The fraction of sp³-hybridized carbons (Fsp3) is 0.107. The molecule has 0 fully saturated rings. The number of nitrogens with zero attached hydrogens (tertiary/aromatic N) is 2. The van der Waals surface area contributed by atoms with E-state index in [0.29, 0.717) is 19.6 Å². The minimum absolute atomic E-state index is 0.275. The summed E-state index contributed by atoms with van der Waals surface area (Å²) in [5.74, 6) is 0.550. The van der Waals surface area contributed by atoms with E-state index in [-0.39, 0.29) is 11.5 Å². The zero-order valence-electron chi connectivity index (χ0n) is 17.6. The van der Waals surface area contributed by atoms with Crippen LogP contribution in [0.3, 0.4) is 0 Å². The molecule has 0 radical (unpaired) electrons. The molecule has 32 heavy (non-hydrogen) atoms. The summed E-state index contributed by atoms with van der Waals surface area (Å²) in [6.07, 6.45) is 1.79. The van der Waals surface area contributed by atoms with Crippen molar-refractivity contribution >= 4 is 21.5 Å². The first-order chi connectivity index (χ1) is 15.7. The summed E-state index contributed by atoms with van der Waals surface area (Å²) in [6.45, 7) is 1.63. The van der Waals surface area contributed by atoms with Crippen LogP contribution in [0.4, 0.5) is 0 Å². The molecule has 0 spiro atoms. The number of pyridine rings is 1. The number of phenolic OH excluding ortho intramolecular Hbond substituents is 2. The summed E-state index contributed by atoms with van der Waals surface area (Å²) in [5.41, 5.74) is 2.68. The average molecular weight is 421 g/mol. The van der Waals surface area contributed by atoms with Gasteiger partial charge in [-0.1, -0.05) is 66.7 Å². The van der Waals surface area contributed by atoms with E-state index in [0.717, 1.165) is 38.4 Å². The number of benzene rings is 4. The smallest absolute Gasteiger partial charge is 0.120 e. The van der Waals surface area contributed by atoms with E-state index in [2.05, 4.69) is 22.0 Å². The summed E-state index contributed by atoms with van der Waals surface area (Å²) in [4.78, 5) is 6.72. The third-order valence-corrected chi connectivity index (χ3v) is 5.91. The zero-order chi connectivity index (χ0) is 21.9. The van der Waals surface area contributed by atoms with Crippen LogP contribution in [0.2, 0.25) is 0 Å². The predicted octanol–water partition coefficient (Wildman–Crippen LogP) is 6.00. The van der Waals surface area contributed by atoms with Crippen LogP contribution in [0.5, 0.6) is 11.5 Å². The molecule has 4 heteroatoms. The molecule has 158 valence electrons. The molecule has 0 unspecified atom stereocenters. The Labute approximate surface area is 187 Å². The molecule has 1 aromatic heterocycles. The van der Waals surface area contributed by atoms with Crippen molar-refractivity contribution in [1.82, 2.24) is 9.88 Å². The van der Waals surface area contributed by atoms with Crippen molar-refractivity contribution in [2.75, 3.05) is 0 Å². The van der Waals surface area contributed by atoms with E-state index in [9.17, 15) is 10.2 Å². The van der Waals surface area contributed by atoms with Gasteiger partial charge in [-0.3, -0.25) is 9.88 Å². The van der Waals surface area contributed by atoms with Crippen LogP contribution in [0, 0.1) is 0 Å². The second-order valence-electron chi connectivity index (χ2n) is 8.03. The fourth-order valence-electron chi connectivity index (χ4n) is 4.32. The first-order valence-corrected chi connectivity index (χ1v) is 10.7. The number of phenols is 2. The number of aromatic hydroxyl groups is 2. The lowest BCUT2D eigenvalue weighted by Gasteiger charge is -2.25. The molecule has 0 aliphatic rings. The Bertz CT molecular complexity index is 1300. The van der Waals surface area contributed by atoms with Crippen LogP contribution in [0.15, 0.2) is 97.2 Å². The number of hydrogen-bond acceptors (Lipinski definition) is 4. The molecule has 5 rings (SSSR count). The summed E-state index contributed by atoms with van der Waals surface area (Å²) < 4.78 is 0. The molecular formula is C28H24N2O2. The van der Waals surface area contributed by atoms with Crippen molar-refractivity contribution in [2.45, 2.75) is 19.6 Å². The molecule has 2 N–H and O–H groups in total. The Morgan fingerprint density at radius 3 is 1.62 bits per heavy atom. The third kappa shape index (κ3) is 4.01. The maximum absolute atomic E-state index is 10.7. The van der Waals surface area contributed by atoms with Gasteiger partial charge in [-0.25, -0.2) is 0 Å². The lowest BCUT2D eigenvalue weighted by molar-refractivity contribution is 0.240. The van der Waals surface area contributed by atoms with Crippen molar-refractivity contribution in [3.05, 3.63) is 114 Å². The highest BCUT2D eigenvalue weighted by atomic mass is 16.3. The SMILES string of the molecule is Oc1ccc2ccccc2c1CN(Cc1ccccn1)Cc1c(O)ccc2ccccc12. The highest BCUT2D eigenvalue weighted by molar-refractivity contribution is 5.88. The van der Waals surface area contributed by atoms with Gasteiger partial charge in [0.25, 0.3) is 0 Å². The molecule has 5 aromatic rings. The van der Waals surface area contributed by atoms with Crippen molar-refractivity contribution in [2.24, 2.45) is 0 Å². The molecule has 0 saturated heterocycles. The number of hydrogen-bond donors (Lipinski definition) is 2. The van der Waals surface area contributed by atoms with Gasteiger partial charge in [0.05, 0.1) is 5.69 Å². The molecule has 0 aliphatic heterocycles. The first-order valence-electron chi connectivity index (χ1n) is 10.7. The van der Waals surface area contributed by atoms with Gasteiger partial charge in [0, 0.05) is 37.0 Å². The normalized spacial score (nSPS) is 11.4. The summed E-state index contributed by atoms with van der Waals surface area (Å²) in [6, 6.07) is 29.4. The number of fused-ring (bicyclic) bond motifs is 2. The van der Waals surface area contributed by atoms with Crippen molar-refractivity contribution < 1.29 is 10.2 Å². The largest absolute Gasteiger partial charge is 0.508 e. The van der Waals surface area contributed by atoms with Gasteiger partial charge in [-0.05, 0) is 45.8 Å². The predicted molar refractivity (Wildman–Crippen MR) is 128 cm³/mol. The minimum atomic E-state index is 0.275. The van der Waals surface area contributed by atoms with Crippen LogP contribution in [0.25, 0.3) is 21.5 Å². The Morgan fingerprint density at radius 2 is 1.09 bits per heavy atom. The lowest BCUT2D eigenvalue weighted by atomic mass is 10.0. The highest BCUT2D eigenvalue weighted by Gasteiger charge is 2.17. The van der Waals surface area contributed by atoms with Crippen LogP contribution in [-0.4, -0.2) is 20.1 Å². The van der Waals surface area contributed by atoms with Gasteiger partial charge in [0.1, 0.15) is 11.5 Å². The van der Waals surface area contributed by atoms with E-state index < -0.39 is 0 Å². The Hall–Kier alpha value is -3.89. The quantitative estimate of drug-likeness (QED) is 0.354. The van der Waals surface area contributed by atoms with E-state index >= 15 is 0 Å². The molecular weight excluding hydrogens is 396 g/mol. The van der Waals surface area contributed by atoms with Crippen molar-refractivity contribution in [3.63, 3.8) is 0 Å². The van der Waals surface area contributed by atoms with Gasteiger partial charge in [0.2, 0.25) is 0 Å². The molecule has 0 saturated carbocycles. The van der Waals surface area contributed by atoms with Gasteiger partial charge in [-0.2, -0.15) is 0 Å². The maximum atomic E-state index is 10.7. The molecule has 0 atom stereocenters.